The number of pyridine rings is 1. The number of halogens is 1. The van der Waals surface area contributed by atoms with Crippen LogP contribution in [0.2, 0.25) is 0 Å². The monoisotopic (exact) mass is 366 g/mol. The van der Waals surface area contributed by atoms with Crippen molar-refractivity contribution in [2.45, 2.75) is 26.7 Å². The Morgan fingerprint density at radius 1 is 1.19 bits per heavy atom. The number of hydrogen-bond donors (Lipinski definition) is 2. The molecule has 7 heteroatoms. The Morgan fingerprint density at radius 2 is 2.00 bits per heavy atom. The number of anilines is 1. The number of benzene rings is 1. The molecule has 0 bridgehead atoms. The van der Waals surface area contributed by atoms with Crippen LogP contribution < -0.4 is 5.32 Å². The quantitative estimate of drug-likeness (QED) is 0.721. The molecule has 3 rings (SSSR count). The van der Waals surface area contributed by atoms with Gasteiger partial charge in [0, 0.05) is 23.9 Å². The normalized spacial score (nSPS) is 10.6. The van der Waals surface area contributed by atoms with E-state index in [-0.39, 0.29) is 30.3 Å². The molecule has 0 aliphatic rings. The Balaban J connectivity index is 1.70. The lowest BCUT2D eigenvalue weighted by Crippen LogP contribution is -2.14. The van der Waals surface area contributed by atoms with Crippen LogP contribution in [0.15, 0.2) is 42.6 Å². The molecule has 1 amide bonds. The molecule has 2 N–H and O–H groups in total. The molecule has 0 spiro atoms. The van der Waals surface area contributed by atoms with E-state index in [4.69, 9.17) is 0 Å². The summed E-state index contributed by atoms with van der Waals surface area (Å²) in [4.78, 5) is 24.8. The predicted molar refractivity (Wildman–Crippen MR) is 99.8 cm³/mol. The highest BCUT2D eigenvalue weighted by atomic mass is 19.1. The largest absolute Gasteiger partial charge is 0.493 e. The van der Waals surface area contributed by atoms with Crippen molar-refractivity contribution >= 4 is 11.6 Å². The number of rotatable bonds is 5. The smallest absolute Gasteiger partial charge is 0.224 e. The molecule has 0 aliphatic carbocycles. The minimum absolute atomic E-state index is 0.0636. The number of aromatic hydroxyl groups is 1. The zero-order valence-corrected chi connectivity index (χ0v) is 15.0. The molecule has 1 aromatic carbocycles. The first-order chi connectivity index (χ1) is 12.9. The van der Waals surface area contributed by atoms with Gasteiger partial charge < -0.3 is 10.4 Å². The van der Waals surface area contributed by atoms with Crippen molar-refractivity contribution in [2.75, 3.05) is 5.32 Å². The predicted octanol–water partition coefficient (Wildman–Crippen LogP) is 3.57. The zero-order valence-electron chi connectivity index (χ0n) is 15.0. The molecule has 6 nitrogen and oxygen atoms in total. The second-order valence-corrected chi connectivity index (χ2v) is 6.18. The van der Waals surface area contributed by atoms with E-state index in [0.29, 0.717) is 22.8 Å². The molecule has 27 heavy (non-hydrogen) atoms. The highest BCUT2D eigenvalue weighted by molar-refractivity contribution is 5.91. The molecule has 0 radical (unpaired) electrons. The van der Waals surface area contributed by atoms with E-state index in [2.05, 4.69) is 20.3 Å². The Kier molecular flexibility index (Phi) is 5.40. The van der Waals surface area contributed by atoms with Crippen molar-refractivity contribution in [1.29, 1.82) is 0 Å². The Morgan fingerprint density at radius 3 is 2.70 bits per heavy atom. The number of carbonyl (C=O) groups excluding carboxylic acids is 1. The van der Waals surface area contributed by atoms with Crippen molar-refractivity contribution in [3.8, 4) is 17.4 Å². The van der Waals surface area contributed by atoms with Crippen LogP contribution in [0.1, 0.15) is 23.2 Å². The summed E-state index contributed by atoms with van der Waals surface area (Å²) in [5.41, 5.74) is 2.59. The van der Waals surface area contributed by atoms with Gasteiger partial charge in [-0.2, -0.15) is 4.98 Å². The first-order valence-electron chi connectivity index (χ1n) is 8.48. The van der Waals surface area contributed by atoms with E-state index in [1.165, 1.54) is 6.07 Å². The van der Waals surface area contributed by atoms with Gasteiger partial charge in [0.1, 0.15) is 11.5 Å². The van der Waals surface area contributed by atoms with E-state index in [1.807, 2.05) is 6.92 Å². The van der Waals surface area contributed by atoms with Gasteiger partial charge in [-0.25, -0.2) is 9.37 Å². The molecule has 138 valence electrons. The van der Waals surface area contributed by atoms with Gasteiger partial charge in [-0.05, 0) is 50.1 Å². The van der Waals surface area contributed by atoms with Crippen molar-refractivity contribution in [3.63, 3.8) is 0 Å². The molecule has 2 aromatic heterocycles. The van der Waals surface area contributed by atoms with Gasteiger partial charge >= 0.3 is 0 Å². The third-order valence-corrected chi connectivity index (χ3v) is 4.08. The fourth-order valence-electron chi connectivity index (χ4n) is 2.67. The van der Waals surface area contributed by atoms with Gasteiger partial charge in [-0.15, -0.1) is 0 Å². The first kappa shape index (κ1) is 18.4. The number of hydrogen-bond acceptors (Lipinski definition) is 5. The molecule has 0 aliphatic heterocycles. The standard InChI is InChI=1S/C20H19FN4O2/c1-12-6-8-15(21)17(11-12)24-18(26)9-7-14-13(2)23-19(25-20(14)27)16-5-3-4-10-22-16/h3-6,8,10-11H,7,9H2,1-2H3,(H,24,26)(H,23,25,27). The maximum atomic E-state index is 13.7. The van der Waals surface area contributed by atoms with Crippen molar-refractivity contribution < 1.29 is 14.3 Å². The summed E-state index contributed by atoms with van der Waals surface area (Å²) in [5, 5.41) is 12.8. The van der Waals surface area contributed by atoms with Crippen LogP contribution in [0.4, 0.5) is 10.1 Å². The van der Waals surface area contributed by atoms with Gasteiger partial charge in [0.25, 0.3) is 0 Å². The topological polar surface area (TPSA) is 88.0 Å². The van der Waals surface area contributed by atoms with Gasteiger partial charge in [0.2, 0.25) is 11.8 Å². The van der Waals surface area contributed by atoms with E-state index in [1.54, 1.807) is 43.5 Å². The van der Waals surface area contributed by atoms with Gasteiger partial charge in [0.15, 0.2) is 5.82 Å². The summed E-state index contributed by atoms with van der Waals surface area (Å²) < 4.78 is 13.7. The number of carbonyl (C=O) groups is 1. The van der Waals surface area contributed by atoms with E-state index < -0.39 is 5.82 Å². The molecular weight excluding hydrogens is 347 g/mol. The first-order valence-corrected chi connectivity index (χ1v) is 8.48. The van der Waals surface area contributed by atoms with Crippen LogP contribution in [0.5, 0.6) is 5.88 Å². The van der Waals surface area contributed by atoms with Crippen molar-refractivity contribution in [2.24, 2.45) is 0 Å². The highest BCUT2D eigenvalue weighted by Gasteiger charge is 2.15. The Bertz CT molecular complexity index is 954. The molecule has 0 fully saturated rings. The summed E-state index contributed by atoms with van der Waals surface area (Å²) in [6.07, 6.45) is 1.92. The average Bonchev–Trinajstić information content (AvgIpc) is 2.64. The Hall–Kier alpha value is -3.35. The molecule has 2 heterocycles. The SMILES string of the molecule is Cc1ccc(F)c(NC(=O)CCc2c(C)nc(-c3ccccn3)nc2O)c1. The zero-order chi connectivity index (χ0) is 19.4. The highest BCUT2D eigenvalue weighted by Crippen LogP contribution is 2.23. The lowest BCUT2D eigenvalue weighted by Gasteiger charge is -2.10. The number of nitrogens with one attached hydrogen (secondary N) is 1. The average molecular weight is 366 g/mol. The third kappa shape index (κ3) is 4.44. The minimum atomic E-state index is -0.490. The summed E-state index contributed by atoms with van der Waals surface area (Å²) in [7, 11) is 0. The van der Waals surface area contributed by atoms with Gasteiger partial charge in [0.05, 0.1) is 5.69 Å². The van der Waals surface area contributed by atoms with E-state index in [0.717, 1.165) is 5.56 Å². The van der Waals surface area contributed by atoms with Crippen LogP contribution in [0.3, 0.4) is 0 Å². The fourth-order valence-corrected chi connectivity index (χ4v) is 2.67. The second-order valence-electron chi connectivity index (χ2n) is 6.18. The minimum Gasteiger partial charge on any atom is -0.493 e. The van der Waals surface area contributed by atoms with Gasteiger partial charge in [-0.3, -0.25) is 9.78 Å². The lowest BCUT2D eigenvalue weighted by atomic mass is 10.1. The number of aryl methyl sites for hydroxylation is 2. The summed E-state index contributed by atoms with van der Waals surface area (Å²) >= 11 is 0. The molecule has 3 aromatic rings. The fraction of sp³-hybridized carbons (Fsp3) is 0.200. The van der Waals surface area contributed by atoms with Crippen LogP contribution >= 0.6 is 0 Å². The van der Waals surface area contributed by atoms with E-state index >= 15 is 0 Å². The maximum absolute atomic E-state index is 13.7. The maximum Gasteiger partial charge on any atom is 0.224 e. The molecule has 0 unspecified atom stereocenters. The van der Waals surface area contributed by atoms with E-state index in [9.17, 15) is 14.3 Å². The van der Waals surface area contributed by atoms with Crippen LogP contribution in [-0.4, -0.2) is 26.0 Å². The lowest BCUT2D eigenvalue weighted by molar-refractivity contribution is -0.116. The number of amides is 1. The number of aromatic nitrogens is 3. The molecule has 0 saturated heterocycles. The van der Waals surface area contributed by atoms with Crippen LogP contribution in [0, 0.1) is 19.7 Å². The molecule has 0 atom stereocenters. The number of nitrogens with zero attached hydrogens (tertiary/aromatic N) is 3. The summed E-state index contributed by atoms with van der Waals surface area (Å²) in [6.45, 7) is 3.55. The Labute approximate surface area is 156 Å². The third-order valence-electron chi connectivity index (χ3n) is 4.08. The van der Waals surface area contributed by atoms with Crippen LogP contribution in [0.25, 0.3) is 11.5 Å². The molecular formula is C20H19FN4O2. The van der Waals surface area contributed by atoms with Gasteiger partial charge in [-0.1, -0.05) is 12.1 Å². The summed E-state index contributed by atoms with van der Waals surface area (Å²) in [5.74, 6) is -0.707. The second kappa shape index (κ2) is 7.90. The van der Waals surface area contributed by atoms with Crippen LogP contribution in [-0.2, 0) is 11.2 Å². The van der Waals surface area contributed by atoms with Crippen molar-refractivity contribution in [3.05, 3.63) is 65.2 Å². The summed E-state index contributed by atoms with van der Waals surface area (Å²) in [6, 6.07) is 9.84. The molecule has 0 saturated carbocycles. The van der Waals surface area contributed by atoms with Crippen molar-refractivity contribution in [1.82, 2.24) is 15.0 Å².